The maximum atomic E-state index is 10.6. The highest BCUT2D eigenvalue weighted by Crippen LogP contribution is 2.28. The minimum absolute atomic E-state index is 0.409. The van der Waals surface area contributed by atoms with Gasteiger partial charge in [0.2, 0.25) is 0 Å². The minimum Gasteiger partial charge on any atom is -0.388 e. The van der Waals surface area contributed by atoms with Crippen LogP contribution in [0, 0.1) is 6.92 Å². The Morgan fingerprint density at radius 2 is 2.05 bits per heavy atom. The van der Waals surface area contributed by atoms with Gasteiger partial charge >= 0.3 is 0 Å². The molecule has 4 nitrogen and oxygen atoms in total. The second kappa shape index (κ2) is 5.47. The van der Waals surface area contributed by atoms with Gasteiger partial charge < -0.3 is 5.11 Å². The van der Waals surface area contributed by atoms with Crippen molar-refractivity contribution in [2.24, 2.45) is 7.05 Å². The Morgan fingerprint density at radius 1 is 1.29 bits per heavy atom. The molecule has 0 saturated heterocycles. The fourth-order valence-corrected chi connectivity index (χ4v) is 2.83. The topological polar surface area (TPSA) is 50.9 Å². The smallest absolute Gasteiger partial charge is 0.0866 e. The van der Waals surface area contributed by atoms with E-state index in [-0.39, 0.29) is 0 Å². The van der Waals surface area contributed by atoms with Crippen molar-refractivity contribution in [3.8, 4) is 0 Å². The molecule has 0 aliphatic carbocycles. The normalized spacial score (nSPS) is 12.8. The van der Waals surface area contributed by atoms with Gasteiger partial charge in [0.25, 0.3) is 0 Å². The van der Waals surface area contributed by atoms with E-state index in [9.17, 15) is 5.11 Å². The highest BCUT2D eigenvalue weighted by Gasteiger charge is 2.18. The Hall–Kier alpha value is -1.91. The third-order valence-corrected chi connectivity index (χ3v) is 4.16. The summed E-state index contributed by atoms with van der Waals surface area (Å²) in [4.78, 5) is 4.38. The highest BCUT2D eigenvalue weighted by molar-refractivity contribution is 6.31. The number of aliphatic hydroxyl groups is 1. The van der Waals surface area contributed by atoms with Crippen LogP contribution in [0.15, 0.2) is 36.5 Å². The summed E-state index contributed by atoms with van der Waals surface area (Å²) in [5.74, 6) is 0. The average molecular weight is 302 g/mol. The van der Waals surface area contributed by atoms with Gasteiger partial charge in [0.05, 0.1) is 28.0 Å². The zero-order valence-electron chi connectivity index (χ0n) is 11.9. The first kappa shape index (κ1) is 14.0. The van der Waals surface area contributed by atoms with Crippen LogP contribution in [0.1, 0.15) is 23.1 Å². The number of hydrogen-bond acceptors (Lipinski definition) is 3. The summed E-state index contributed by atoms with van der Waals surface area (Å²) in [6.07, 6.45) is 1.47. The Balaban J connectivity index is 1.99. The van der Waals surface area contributed by atoms with Crippen LogP contribution in [0.3, 0.4) is 0 Å². The summed E-state index contributed by atoms with van der Waals surface area (Å²) >= 11 is 6.25. The van der Waals surface area contributed by atoms with Crippen molar-refractivity contribution < 1.29 is 5.11 Å². The lowest BCUT2D eigenvalue weighted by atomic mass is 10.0. The average Bonchev–Trinajstić information content (AvgIpc) is 2.73. The molecule has 0 aliphatic heterocycles. The monoisotopic (exact) mass is 301 g/mol. The molecule has 0 fully saturated rings. The Morgan fingerprint density at radius 3 is 2.76 bits per heavy atom. The van der Waals surface area contributed by atoms with E-state index in [0.29, 0.717) is 11.4 Å². The first-order valence-electron chi connectivity index (χ1n) is 6.77. The molecule has 0 radical (unpaired) electrons. The number of benzene rings is 1. The van der Waals surface area contributed by atoms with Crippen LogP contribution in [0.2, 0.25) is 5.02 Å². The molecule has 1 N–H and O–H groups in total. The van der Waals surface area contributed by atoms with Crippen LogP contribution in [-0.4, -0.2) is 19.9 Å². The molecule has 0 bridgehead atoms. The molecule has 0 spiro atoms. The van der Waals surface area contributed by atoms with E-state index in [4.69, 9.17) is 11.6 Å². The van der Waals surface area contributed by atoms with Crippen LogP contribution in [0.25, 0.3) is 10.9 Å². The van der Waals surface area contributed by atoms with Crippen molar-refractivity contribution in [1.82, 2.24) is 14.8 Å². The molecule has 108 valence electrons. The van der Waals surface area contributed by atoms with Gasteiger partial charge in [-0.25, -0.2) is 0 Å². The van der Waals surface area contributed by atoms with E-state index in [0.717, 1.165) is 27.9 Å². The number of aryl methyl sites for hydroxylation is 2. The van der Waals surface area contributed by atoms with Gasteiger partial charge in [-0.15, -0.1) is 0 Å². The maximum Gasteiger partial charge on any atom is 0.0866 e. The third-order valence-electron chi connectivity index (χ3n) is 3.67. The quantitative estimate of drug-likeness (QED) is 0.808. The molecule has 0 amide bonds. The summed E-state index contributed by atoms with van der Waals surface area (Å²) in [5.41, 5.74) is 3.23. The van der Waals surface area contributed by atoms with E-state index in [1.807, 2.05) is 44.3 Å². The lowest BCUT2D eigenvalue weighted by Gasteiger charge is -2.13. The number of rotatable bonds is 3. The van der Waals surface area contributed by atoms with Gasteiger partial charge in [-0.3, -0.25) is 9.67 Å². The molecule has 0 saturated carbocycles. The summed E-state index contributed by atoms with van der Waals surface area (Å²) in [7, 11) is 1.84. The van der Waals surface area contributed by atoms with Gasteiger partial charge in [-0.05, 0) is 13.0 Å². The number of halogens is 1. The van der Waals surface area contributed by atoms with E-state index in [2.05, 4.69) is 10.1 Å². The summed E-state index contributed by atoms with van der Waals surface area (Å²) < 4.78 is 1.72. The largest absolute Gasteiger partial charge is 0.388 e. The number of aromatic nitrogens is 3. The summed E-state index contributed by atoms with van der Waals surface area (Å²) in [5, 5.41) is 16.5. The SMILES string of the molecule is Cc1nn(C)c(CC(O)c2cccc3cccnc23)c1Cl. The molecule has 5 heteroatoms. The first-order chi connectivity index (χ1) is 10.1. The Labute approximate surface area is 128 Å². The predicted octanol–water partition coefficient (Wildman–Crippen LogP) is 3.21. The minimum atomic E-state index is -0.670. The standard InChI is InChI=1S/C16H16ClN3O/c1-10-15(17)13(20(2)19-10)9-14(21)12-7-3-5-11-6-4-8-18-16(11)12/h3-8,14,21H,9H2,1-2H3. The molecule has 1 aromatic carbocycles. The second-order valence-corrected chi connectivity index (χ2v) is 5.49. The lowest BCUT2D eigenvalue weighted by molar-refractivity contribution is 0.177. The number of hydrogen-bond donors (Lipinski definition) is 1. The van der Waals surface area contributed by atoms with E-state index in [1.54, 1.807) is 10.9 Å². The number of fused-ring (bicyclic) bond motifs is 1. The molecule has 3 aromatic rings. The molecule has 21 heavy (non-hydrogen) atoms. The predicted molar refractivity (Wildman–Crippen MR) is 83.4 cm³/mol. The van der Waals surface area contributed by atoms with Gasteiger partial charge in [-0.2, -0.15) is 5.10 Å². The second-order valence-electron chi connectivity index (χ2n) is 5.11. The van der Waals surface area contributed by atoms with Gasteiger partial charge in [0.15, 0.2) is 0 Å². The molecule has 1 unspecified atom stereocenters. The highest BCUT2D eigenvalue weighted by atomic mass is 35.5. The number of pyridine rings is 1. The number of para-hydroxylation sites is 1. The molecular weight excluding hydrogens is 286 g/mol. The molecule has 3 rings (SSSR count). The van der Waals surface area contributed by atoms with Crippen molar-refractivity contribution in [2.75, 3.05) is 0 Å². The van der Waals surface area contributed by atoms with E-state index >= 15 is 0 Å². The van der Waals surface area contributed by atoms with Crippen LogP contribution in [-0.2, 0) is 13.5 Å². The fourth-order valence-electron chi connectivity index (χ4n) is 2.59. The van der Waals surface area contributed by atoms with Crippen LogP contribution in [0.4, 0.5) is 0 Å². The number of nitrogens with zero attached hydrogens (tertiary/aromatic N) is 3. The molecule has 0 aliphatic rings. The first-order valence-corrected chi connectivity index (χ1v) is 7.15. The van der Waals surface area contributed by atoms with Crippen LogP contribution < -0.4 is 0 Å². The molecule has 1 atom stereocenters. The van der Waals surface area contributed by atoms with E-state index in [1.165, 1.54) is 0 Å². The van der Waals surface area contributed by atoms with Crippen LogP contribution >= 0.6 is 11.6 Å². The zero-order valence-corrected chi connectivity index (χ0v) is 12.7. The number of aliphatic hydroxyl groups excluding tert-OH is 1. The molecule has 2 aromatic heterocycles. The van der Waals surface area contributed by atoms with Crippen molar-refractivity contribution in [3.05, 3.63) is 58.5 Å². The maximum absolute atomic E-state index is 10.6. The molecular formula is C16H16ClN3O. The Bertz CT molecular complexity index is 792. The van der Waals surface area contributed by atoms with Gasteiger partial charge in [0, 0.05) is 30.6 Å². The third kappa shape index (κ3) is 2.52. The lowest BCUT2D eigenvalue weighted by Crippen LogP contribution is -2.07. The Kier molecular flexibility index (Phi) is 3.66. The fraction of sp³-hybridized carbons (Fsp3) is 0.250. The molecule has 2 heterocycles. The van der Waals surface area contributed by atoms with Crippen molar-refractivity contribution in [3.63, 3.8) is 0 Å². The van der Waals surface area contributed by atoms with Gasteiger partial charge in [-0.1, -0.05) is 35.9 Å². The van der Waals surface area contributed by atoms with Crippen molar-refractivity contribution in [1.29, 1.82) is 0 Å². The van der Waals surface area contributed by atoms with Crippen molar-refractivity contribution in [2.45, 2.75) is 19.4 Å². The van der Waals surface area contributed by atoms with Gasteiger partial charge in [0.1, 0.15) is 0 Å². The summed E-state index contributed by atoms with van der Waals surface area (Å²) in [6, 6.07) is 9.69. The zero-order chi connectivity index (χ0) is 15.0. The van der Waals surface area contributed by atoms with Crippen LogP contribution in [0.5, 0.6) is 0 Å². The summed E-state index contributed by atoms with van der Waals surface area (Å²) in [6.45, 7) is 1.86. The van der Waals surface area contributed by atoms with Crippen molar-refractivity contribution >= 4 is 22.5 Å². The van der Waals surface area contributed by atoms with E-state index < -0.39 is 6.10 Å².